The molecule has 0 aliphatic carbocycles. The lowest BCUT2D eigenvalue weighted by Crippen LogP contribution is -2.45. The summed E-state index contributed by atoms with van der Waals surface area (Å²) in [5, 5.41) is 2.55. The van der Waals surface area contributed by atoms with Crippen molar-refractivity contribution >= 4 is 11.8 Å². The Morgan fingerprint density at radius 3 is 2.64 bits per heavy atom. The topological polar surface area (TPSA) is 62.6 Å². The first kappa shape index (κ1) is 15.8. The fourth-order valence-corrected chi connectivity index (χ4v) is 2.03. The summed E-state index contributed by atoms with van der Waals surface area (Å²) < 4.78 is 18.6. The number of rotatable bonds is 5. The molecular formula is C16H17FN2O3. The van der Waals surface area contributed by atoms with Gasteiger partial charge in [0.05, 0.1) is 6.26 Å². The summed E-state index contributed by atoms with van der Waals surface area (Å²) in [6, 6.07) is 8.61. The average Bonchev–Trinajstić information content (AvgIpc) is 3.03. The van der Waals surface area contributed by atoms with Crippen molar-refractivity contribution < 1.29 is 18.4 Å². The Morgan fingerprint density at radius 1 is 1.27 bits per heavy atom. The highest BCUT2D eigenvalue weighted by Gasteiger charge is 2.21. The third kappa shape index (κ3) is 3.72. The van der Waals surface area contributed by atoms with E-state index in [1.807, 2.05) is 0 Å². The van der Waals surface area contributed by atoms with Gasteiger partial charge in [-0.2, -0.15) is 0 Å². The molecule has 116 valence electrons. The van der Waals surface area contributed by atoms with Crippen molar-refractivity contribution in [1.82, 2.24) is 10.2 Å². The number of hydrogen-bond acceptors (Lipinski definition) is 3. The van der Waals surface area contributed by atoms with Gasteiger partial charge < -0.3 is 14.6 Å². The molecule has 0 aliphatic rings. The molecule has 2 aromatic rings. The number of furan rings is 1. The van der Waals surface area contributed by atoms with Crippen LogP contribution in [0.2, 0.25) is 0 Å². The van der Waals surface area contributed by atoms with Crippen molar-refractivity contribution in [3.8, 4) is 0 Å². The van der Waals surface area contributed by atoms with Gasteiger partial charge in [0, 0.05) is 19.2 Å². The van der Waals surface area contributed by atoms with Gasteiger partial charge in [-0.05, 0) is 25.1 Å². The Hall–Kier alpha value is -2.63. The lowest BCUT2D eigenvalue weighted by molar-refractivity contribution is -0.132. The van der Waals surface area contributed by atoms with Crippen LogP contribution in [0, 0.1) is 5.82 Å². The minimum absolute atomic E-state index is 0.131. The molecule has 22 heavy (non-hydrogen) atoms. The number of hydrogen-bond donors (Lipinski definition) is 1. The van der Waals surface area contributed by atoms with Gasteiger partial charge in [0.2, 0.25) is 5.91 Å². The molecule has 6 heteroatoms. The van der Waals surface area contributed by atoms with Crippen LogP contribution in [-0.4, -0.2) is 29.8 Å². The van der Waals surface area contributed by atoms with Crippen LogP contribution in [0.3, 0.4) is 0 Å². The van der Waals surface area contributed by atoms with Crippen LogP contribution < -0.4 is 5.32 Å². The van der Waals surface area contributed by atoms with Gasteiger partial charge in [0.1, 0.15) is 11.9 Å². The first-order valence-electron chi connectivity index (χ1n) is 6.82. The molecule has 1 N–H and O–H groups in total. The van der Waals surface area contributed by atoms with Crippen LogP contribution >= 0.6 is 0 Å². The maximum Gasteiger partial charge on any atom is 0.287 e. The third-order valence-electron chi connectivity index (χ3n) is 3.20. The van der Waals surface area contributed by atoms with E-state index in [9.17, 15) is 14.0 Å². The quantitative estimate of drug-likeness (QED) is 0.921. The van der Waals surface area contributed by atoms with E-state index in [0.29, 0.717) is 5.56 Å². The Kier molecular flexibility index (Phi) is 4.93. The molecule has 2 amide bonds. The second-order valence-electron chi connectivity index (χ2n) is 4.96. The molecule has 1 atom stereocenters. The molecule has 5 nitrogen and oxygen atoms in total. The largest absolute Gasteiger partial charge is 0.459 e. The van der Waals surface area contributed by atoms with Crippen LogP contribution in [-0.2, 0) is 11.3 Å². The zero-order chi connectivity index (χ0) is 16.1. The fourth-order valence-electron chi connectivity index (χ4n) is 2.03. The Labute approximate surface area is 127 Å². The minimum atomic E-state index is -0.741. The molecule has 0 spiro atoms. The minimum Gasteiger partial charge on any atom is -0.459 e. The molecule has 1 unspecified atom stereocenters. The molecular weight excluding hydrogens is 287 g/mol. The number of benzene rings is 1. The predicted molar refractivity (Wildman–Crippen MR) is 78.5 cm³/mol. The number of nitrogens with one attached hydrogen (secondary N) is 1. The molecule has 1 aromatic carbocycles. The summed E-state index contributed by atoms with van der Waals surface area (Å²) in [5.41, 5.74) is 0.419. The van der Waals surface area contributed by atoms with Gasteiger partial charge >= 0.3 is 0 Å². The summed E-state index contributed by atoms with van der Waals surface area (Å²) in [7, 11) is 1.56. The average molecular weight is 304 g/mol. The van der Waals surface area contributed by atoms with Crippen molar-refractivity contribution in [3.63, 3.8) is 0 Å². The van der Waals surface area contributed by atoms with Gasteiger partial charge in [0.25, 0.3) is 5.91 Å². The van der Waals surface area contributed by atoms with Crippen molar-refractivity contribution in [2.24, 2.45) is 0 Å². The van der Waals surface area contributed by atoms with E-state index < -0.39 is 11.9 Å². The number of likely N-dealkylation sites (N-methyl/N-ethyl adjacent to an activating group) is 1. The van der Waals surface area contributed by atoms with E-state index in [4.69, 9.17) is 4.42 Å². The monoisotopic (exact) mass is 304 g/mol. The lowest BCUT2D eigenvalue weighted by atomic mass is 10.2. The van der Waals surface area contributed by atoms with Gasteiger partial charge in [-0.25, -0.2) is 4.39 Å². The number of halogens is 1. The van der Waals surface area contributed by atoms with E-state index in [1.165, 1.54) is 23.3 Å². The molecule has 1 heterocycles. The molecule has 2 rings (SSSR count). The number of carbonyl (C=O) groups excluding carboxylic acids is 2. The van der Waals surface area contributed by atoms with E-state index >= 15 is 0 Å². The van der Waals surface area contributed by atoms with Crippen molar-refractivity contribution in [3.05, 3.63) is 59.8 Å². The molecule has 0 saturated heterocycles. The second-order valence-corrected chi connectivity index (χ2v) is 4.96. The van der Waals surface area contributed by atoms with E-state index in [1.54, 1.807) is 38.2 Å². The normalized spacial score (nSPS) is 11.8. The second kappa shape index (κ2) is 6.89. The Balaban J connectivity index is 1.95. The van der Waals surface area contributed by atoms with Gasteiger partial charge in [-0.3, -0.25) is 9.59 Å². The van der Waals surface area contributed by atoms with Gasteiger partial charge in [-0.15, -0.1) is 0 Å². The van der Waals surface area contributed by atoms with Gasteiger partial charge in [-0.1, -0.05) is 18.2 Å². The highest BCUT2D eigenvalue weighted by molar-refractivity contribution is 5.95. The Bertz CT molecular complexity index is 655. The fraction of sp³-hybridized carbons (Fsp3) is 0.250. The van der Waals surface area contributed by atoms with E-state index in [-0.39, 0.29) is 24.0 Å². The van der Waals surface area contributed by atoms with Crippen molar-refractivity contribution in [2.45, 2.75) is 19.5 Å². The highest BCUT2D eigenvalue weighted by Crippen LogP contribution is 2.10. The highest BCUT2D eigenvalue weighted by atomic mass is 19.1. The zero-order valence-corrected chi connectivity index (χ0v) is 12.4. The van der Waals surface area contributed by atoms with Crippen molar-refractivity contribution in [2.75, 3.05) is 7.05 Å². The summed E-state index contributed by atoms with van der Waals surface area (Å²) in [4.78, 5) is 25.4. The molecule has 0 fully saturated rings. The lowest BCUT2D eigenvalue weighted by Gasteiger charge is -2.22. The summed E-state index contributed by atoms with van der Waals surface area (Å²) in [5.74, 6) is -1.01. The number of amides is 2. The first-order valence-corrected chi connectivity index (χ1v) is 6.82. The molecule has 0 saturated carbocycles. The van der Waals surface area contributed by atoms with Crippen LogP contribution in [0.1, 0.15) is 23.0 Å². The first-order chi connectivity index (χ1) is 10.5. The zero-order valence-electron chi connectivity index (χ0n) is 12.4. The van der Waals surface area contributed by atoms with Crippen molar-refractivity contribution in [1.29, 1.82) is 0 Å². The standard InChI is InChI=1S/C16H17FN2O3/c1-11(18-15(20)14-8-5-9-22-14)16(21)19(2)10-12-6-3-4-7-13(12)17/h3-9,11H,10H2,1-2H3,(H,18,20). The smallest absolute Gasteiger partial charge is 0.287 e. The maximum atomic E-state index is 13.6. The number of nitrogens with zero attached hydrogens (tertiary/aromatic N) is 1. The van der Waals surface area contributed by atoms with Crippen LogP contribution in [0.25, 0.3) is 0 Å². The SMILES string of the molecule is CC(NC(=O)c1ccco1)C(=O)N(C)Cc1ccccc1F. The molecule has 0 aliphatic heterocycles. The molecule has 0 bridgehead atoms. The Morgan fingerprint density at radius 2 is 2.00 bits per heavy atom. The summed E-state index contributed by atoms with van der Waals surface area (Å²) >= 11 is 0. The van der Waals surface area contributed by atoms with Crippen LogP contribution in [0.5, 0.6) is 0 Å². The molecule has 0 radical (unpaired) electrons. The summed E-state index contributed by atoms with van der Waals surface area (Å²) in [6.45, 7) is 1.70. The third-order valence-corrected chi connectivity index (χ3v) is 3.20. The predicted octanol–water partition coefficient (Wildman–Crippen LogP) is 2.20. The van der Waals surface area contributed by atoms with Crippen LogP contribution in [0.4, 0.5) is 4.39 Å². The maximum absolute atomic E-state index is 13.6. The van der Waals surface area contributed by atoms with E-state index in [2.05, 4.69) is 5.32 Å². The van der Waals surface area contributed by atoms with Gasteiger partial charge in [0.15, 0.2) is 5.76 Å². The van der Waals surface area contributed by atoms with E-state index in [0.717, 1.165) is 0 Å². The summed E-state index contributed by atoms with van der Waals surface area (Å²) in [6.07, 6.45) is 1.38. The number of carbonyl (C=O) groups is 2. The molecule has 1 aromatic heterocycles. The van der Waals surface area contributed by atoms with Crippen LogP contribution in [0.15, 0.2) is 47.1 Å².